The second-order valence-electron chi connectivity index (χ2n) is 4.52. The summed E-state index contributed by atoms with van der Waals surface area (Å²) in [4.78, 5) is 13.4. The lowest BCUT2D eigenvalue weighted by atomic mass is 10.3. The molecule has 0 aliphatic rings. The minimum atomic E-state index is -0.0271. The number of nitrogen functional groups attached to an aromatic ring is 1. The highest BCUT2D eigenvalue weighted by molar-refractivity contribution is 5.82. The molecule has 3 N–H and O–H groups in total. The number of carbonyl (C=O) groups excluding carboxylic acids is 1. The molecule has 0 radical (unpaired) electrons. The van der Waals surface area contributed by atoms with Crippen molar-refractivity contribution in [2.75, 3.05) is 24.2 Å². The number of aromatic nitrogens is 2. The van der Waals surface area contributed by atoms with Gasteiger partial charge in [0.05, 0.1) is 17.9 Å². The van der Waals surface area contributed by atoms with Crippen LogP contribution >= 0.6 is 0 Å². The van der Waals surface area contributed by atoms with E-state index in [2.05, 4.69) is 10.4 Å². The van der Waals surface area contributed by atoms with Gasteiger partial charge < -0.3 is 16.0 Å². The van der Waals surface area contributed by atoms with Crippen LogP contribution in [0.25, 0.3) is 0 Å². The van der Waals surface area contributed by atoms with Crippen LogP contribution < -0.4 is 16.0 Å². The third-order valence-electron chi connectivity index (χ3n) is 2.43. The fraction of sp³-hybridized carbons (Fsp3) is 0.636. The maximum atomic E-state index is 11.6. The number of rotatable bonds is 4. The molecule has 0 unspecified atom stereocenters. The number of aryl methyl sites for hydroxylation is 2. The van der Waals surface area contributed by atoms with Gasteiger partial charge in [0.25, 0.3) is 0 Å². The average Bonchev–Trinajstić information content (AvgIpc) is 2.39. The summed E-state index contributed by atoms with van der Waals surface area (Å²) >= 11 is 0. The van der Waals surface area contributed by atoms with Crippen molar-refractivity contribution in [1.29, 1.82) is 0 Å². The fourth-order valence-corrected chi connectivity index (χ4v) is 1.77. The van der Waals surface area contributed by atoms with Crippen LogP contribution in [0.1, 0.15) is 19.5 Å². The van der Waals surface area contributed by atoms with Crippen LogP contribution in [0.4, 0.5) is 11.5 Å². The molecule has 1 amide bonds. The predicted octanol–water partition coefficient (Wildman–Crippen LogP) is 0.272. The SMILES string of the molecule is Cc1nn(C)c(N(C)CC(=O)NC(C)C)c1N. The van der Waals surface area contributed by atoms with E-state index < -0.39 is 0 Å². The summed E-state index contributed by atoms with van der Waals surface area (Å²) < 4.78 is 1.69. The van der Waals surface area contributed by atoms with E-state index in [0.29, 0.717) is 5.69 Å². The molecule has 1 aromatic rings. The van der Waals surface area contributed by atoms with Gasteiger partial charge in [-0.1, -0.05) is 0 Å². The number of hydrogen-bond donors (Lipinski definition) is 2. The first-order chi connectivity index (χ1) is 7.82. The molecule has 0 aromatic carbocycles. The molecule has 1 heterocycles. The van der Waals surface area contributed by atoms with Crippen molar-refractivity contribution in [3.63, 3.8) is 0 Å². The summed E-state index contributed by atoms with van der Waals surface area (Å²) in [7, 11) is 3.64. The molecule has 0 atom stereocenters. The zero-order valence-corrected chi connectivity index (χ0v) is 11.1. The lowest BCUT2D eigenvalue weighted by Crippen LogP contribution is -2.39. The summed E-state index contributed by atoms with van der Waals surface area (Å²) in [6.07, 6.45) is 0. The average molecular weight is 239 g/mol. The summed E-state index contributed by atoms with van der Waals surface area (Å²) in [5.74, 6) is 0.738. The zero-order chi connectivity index (χ0) is 13.2. The number of hydrogen-bond acceptors (Lipinski definition) is 4. The Morgan fingerprint density at radius 2 is 2.18 bits per heavy atom. The van der Waals surface area contributed by atoms with Crippen LogP contribution in [0.15, 0.2) is 0 Å². The minimum absolute atomic E-state index is 0.0271. The Bertz CT molecular complexity index is 410. The van der Waals surface area contributed by atoms with Gasteiger partial charge >= 0.3 is 0 Å². The van der Waals surface area contributed by atoms with Crippen molar-refractivity contribution in [3.05, 3.63) is 5.69 Å². The van der Waals surface area contributed by atoms with E-state index in [-0.39, 0.29) is 18.5 Å². The van der Waals surface area contributed by atoms with E-state index in [1.807, 2.05) is 34.9 Å². The Labute approximate surface area is 102 Å². The quantitative estimate of drug-likeness (QED) is 0.791. The van der Waals surface area contributed by atoms with E-state index in [0.717, 1.165) is 11.5 Å². The Balaban J connectivity index is 2.76. The first-order valence-corrected chi connectivity index (χ1v) is 5.62. The van der Waals surface area contributed by atoms with E-state index in [1.54, 1.807) is 9.58 Å². The number of anilines is 2. The zero-order valence-electron chi connectivity index (χ0n) is 11.1. The molecular weight excluding hydrogens is 218 g/mol. The third kappa shape index (κ3) is 3.12. The lowest BCUT2D eigenvalue weighted by Gasteiger charge is -2.20. The normalized spacial score (nSPS) is 10.7. The van der Waals surface area contributed by atoms with Crippen LogP contribution in [-0.4, -0.2) is 35.3 Å². The number of nitrogens with two attached hydrogens (primary N) is 1. The molecular formula is C11H21N5O. The van der Waals surface area contributed by atoms with Crippen molar-refractivity contribution in [2.45, 2.75) is 26.8 Å². The van der Waals surface area contributed by atoms with Gasteiger partial charge in [0.15, 0.2) is 5.82 Å². The minimum Gasteiger partial charge on any atom is -0.394 e. The standard InChI is InChI=1S/C11H21N5O/c1-7(2)13-9(17)6-15(4)11-10(12)8(3)14-16(11)5/h7H,6,12H2,1-5H3,(H,13,17). The number of nitrogens with one attached hydrogen (secondary N) is 1. The van der Waals surface area contributed by atoms with Gasteiger partial charge in [-0.15, -0.1) is 0 Å². The highest BCUT2D eigenvalue weighted by Gasteiger charge is 2.16. The number of carbonyl (C=O) groups is 1. The molecule has 6 nitrogen and oxygen atoms in total. The van der Waals surface area contributed by atoms with E-state index in [4.69, 9.17) is 5.73 Å². The molecule has 0 spiro atoms. The Morgan fingerprint density at radius 1 is 1.59 bits per heavy atom. The number of amides is 1. The van der Waals surface area contributed by atoms with E-state index >= 15 is 0 Å². The molecule has 1 aromatic heterocycles. The molecule has 0 saturated carbocycles. The molecule has 1 rings (SSSR count). The van der Waals surface area contributed by atoms with Gasteiger partial charge in [0, 0.05) is 20.1 Å². The molecule has 6 heteroatoms. The maximum Gasteiger partial charge on any atom is 0.239 e. The Morgan fingerprint density at radius 3 is 2.59 bits per heavy atom. The van der Waals surface area contributed by atoms with Crippen molar-refractivity contribution < 1.29 is 4.79 Å². The first-order valence-electron chi connectivity index (χ1n) is 5.62. The van der Waals surface area contributed by atoms with Crippen LogP contribution in [0.3, 0.4) is 0 Å². The molecule has 0 bridgehead atoms. The highest BCUT2D eigenvalue weighted by atomic mass is 16.2. The first kappa shape index (κ1) is 13.3. The molecule has 0 fully saturated rings. The Kier molecular flexibility index (Phi) is 3.98. The van der Waals surface area contributed by atoms with Gasteiger partial charge in [-0.05, 0) is 20.8 Å². The van der Waals surface area contributed by atoms with Crippen LogP contribution in [-0.2, 0) is 11.8 Å². The van der Waals surface area contributed by atoms with Crippen molar-refractivity contribution in [3.8, 4) is 0 Å². The molecule has 0 aliphatic carbocycles. The molecule has 17 heavy (non-hydrogen) atoms. The number of nitrogens with zero attached hydrogens (tertiary/aromatic N) is 3. The summed E-state index contributed by atoms with van der Waals surface area (Å²) in [5.41, 5.74) is 7.32. The van der Waals surface area contributed by atoms with Gasteiger partial charge in [-0.3, -0.25) is 9.48 Å². The second-order valence-corrected chi connectivity index (χ2v) is 4.52. The van der Waals surface area contributed by atoms with Gasteiger partial charge in [0.1, 0.15) is 0 Å². The highest BCUT2D eigenvalue weighted by Crippen LogP contribution is 2.23. The number of likely N-dealkylation sites (N-methyl/N-ethyl adjacent to an activating group) is 1. The van der Waals surface area contributed by atoms with E-state index in [9.17, 15) is 4.79 Å². The monoisotopic (exact) mass is 239 g/mol. The van der Waals surface area contributed by atoms with Crippen molar-refractivity contribution >= 4 is 17.4 Å². The summed E-state index contributed by atoms with van der Waals surface area (Å²) in [6.45, 7) is 5.98. The summed E-state index contributed by atoms with van der Waals surface area (Å²) in [5, 5.41) is 7.06. The lowest BCUT2D eigenvalue weighted by molar-refractivity contribution is -0.120. The summed E-state index contributed by atoms with van der Waals surface area (Å²) in [6, 6.07) is 0.140. The largest absolute Gasteiger partial charge is 0.394 e. The second kappa shape index (κ2) is 5.07. The van der Waals surface area contributed by atoms with Gasteiger partial charge in [-0.25, -0.2) is 0 Å². The van der Waals surface area contributed by atoms with Crippen molar-refractivity contribution in [1.82, 2.24) is 15.1 Å². The molecule has 96 valence electrons. The van der Waals surface area contributed by atoms with Gasteiger partial charge in [-0.2, -0.15) is 5.10 Å². The van der Waals surface area contributed by atoms with Crippen molar-refractivity contribution in [2.24, 2.45) is 7.05 Å². The topological polar surface area (TPSA) is 76.2 Å². The predicted molar refractivity (Wildman–Crippen MR) is 68.9 cm³/mol. The molecule has 0 aliphatic heterocycles. The Hall–Kier alpha value is -1.72. The van der Waals surface area contributed by atoms with Crippen LogP contribution in [0, 0.1) is 6.92 Å². The van der Waals surface area contributed by atoms with Crippen LogP contribution in [0.5, 0.6) is 0 Å². The maximum absolute atomic E-state index is 11.6. The van der Waals surface area contributed by atoms with Crippen LogP contribution in [0.2, 0.25) is 0 Å². The smallest absolute Gasteiger partial charge is 0.239 e. The molecule has 0 saturated heterocycles. The fourth-order valence-electron chi connectivity index (χ4n) is 1.77. The third-order valence-corrected chi connectivity index (χ3v) is 2.43. The van der Waals surface area contributed by atoms with E-state index in [1.165, 1.54) is 0 Å². The van der Waals surface area contributed by atoms with Gasteiger partial charge in [0.2, 0.25) is 5.91 Å².